The molecule has 1 amide bonds. The smallest absolute Gasteiger partial charge is 0.327 e. The molecule has 0 atom stereocenters. The van der Waals surface area contributed by atoms with Gasteiger partial charge < -0.3 is 16.8 Å². The van der Waals surface area contributed by atoms with Gasteiger partial charge in [0.2, 0.25) is 0 Å². The van der Waals surface area contributed by atoms with Crippen molar-refractivity contribution in [2.75, 3.05) is 18.8 Å². The Balaban J connectivity index is 2.33. The third-order valence-electron chi connectivity index (χ3n) is 3.51. The Labute approximate surface area is 142 Å². The minimum atomic E-state index is -0.608. The van der Waals surface area contributed by atoms with Gasteiger partial charge in [0.1, 0.15) is 11.2 Å². The van der Waals surface area contributed by atoms with Crippen molar-refractivity contribution in [3.63, 3.8) is 0 Å². The van der Waals surface area contributed by atoms with Crippen molar-refractivity contribution in [2.45, 2.75) is 0 Å². The first-order valence-corrected chi connectivity index (χ1v) is 7.27. The van der Waals surface area contributed by atoms with Gasteiger partial charge in [-0.1, -0.05) is 6.07 Å². The monoisotopic (exact) mass is 344 g/mol. The molecule has 0 bridgehead atoms. The molecule has 0 radical (unpaired) electrons. The number of nitrogen functional groups attached to an aromatic ring is 1. The number of nitrogens with one attached hydrogen (secondary N) is 2. The standard InChI is InChI=1S/C16H17FN6O2/c17-6-10(7-18)8-21-16(24)23-9-12(2-4-15(23)20)11-1-3-13(19)14(5-11)22-25/h1-6,9,20H,7-8,18-19H2,(H,21,24)/b10-6+,20-15?. The second kappa shape index (κ2) is 7.97. The number of benzene rings is 1. The number of aromatic nitrogens is 1. The highest BCUT2D eigenvalue weighted by Crippen LogP contribution is 2.28. The van der Waals surface area contributed by atoms with Crippen molar-refractivity contribution >= 4 is 17.4 Å². The topological polar surface area (TPSA) is 139 Å². The van der Waals surface area contributed by atoms with Crippen LogP contribution in [0.2, 0.25) is 0 Å². The number of anilines is 1. The molecule has 2 rings (SSSR count). The van der Waals surface area contributed by atoms with Crippen molar-refractivity contribution in [3.05, 3.63) is 58.8 Å². The van der Waals surface area contributed by atoms with Gasteiger partial charge in [-0.25, -0.2) is 9.18 Å². The van der Waals surface area contributed by atoms with Crippen LogP contribution in [0.1, 0.15) is 0 Å². The number of pyridine rings is 1. The average Bonchev–Trinajstić information content (AvgIpc) is 2.63. The van der Waals surface area contributed by atoms with Gasteiger partial charge in [0, 0.05) is 19.3 Å². The molecule has 1 heterocycles. The van der Waals surface area contributed by atoms with E-state index in [1.807, 2.05) is 0 Å². The maximum atomic E-state index is 12.5. The van der Waals surface area contributed by atoms with Crippen LogP contribution >= 0.6 is 0 Å². The maximum Gasteiger partial charge on any atom is 0.327 e. The van der Waals surface area contributed by atoms with E-state index in [9.17, 15) is 14.1 Å². The summed E-state index contributed by atoms with van der Waals surface area (Å²) in [6, 6.07) is 7.13. The van der Waals surface area contributed by atoms with Crippen LogP contribution in [-0.4, -0.2) is 23.7 Å². The largest absolute Gasteiger partial charge is 0.397 e. The number of nitrogens with two attached hydrogens (primary N) is 2. The van der Waals surface area contributed by atoms with E-state index >= 15 is 0 Å². The fourth-order valence-corrected chi connectivity index (χ4v) is 2.07. The summed E-state index contributed by atoms with van der Waals surface area (Å²) in [6.07, 6.45) is 1.77. The third-order valence-corrected chi connectivity index (χ3v) is 3.51. The molecule has 0 aliphatic carbocycles. The predicted molar refractivity (Wildman–Crippen MR) is 92.6 cm³/mol. The summed E-state index contributed by atoms with van der Waals surface area (Å²) in [5, 5.41) is 13.2. The molecule has 1 aromatic heterocycles. The van der Waals surface area contributed by atoms with E-state index in [0.717, 1.165) is 4.57 Å². The second-order valence-corrected chi connectivity index (χ2v) is 5.17. The number of nitroso groups, excluding NO2 is 1. The van der Waals surface area contributed by atoms with Crippen molar-refractivity contribution in [2.24, 2.45) is 10.9 Å². The van der Waals surface area contributed by atoms with Crippen LogP contribution in [-0.2, 0) is 0 Å². The molecule has 130 valence electrons. The molecular weight excluding hydrogens is 327 g/mol. The molecule has 25 heavy (non-hydrogen) atoms. The average molecular weight is 344 g/mol. The van der Waals surface area contributed by atoms with Crippen LogP contribution < -0.4 is 22.3 Å². The Hall–Kier alpha value is -3.33. The van der Waals surface area contributed by atoms with Crippen molar-refractivity contribution < 1.29 is 9.18 Å². The van der Waals surface area contributed by atoms with Gasteiger partial charge in [0.25, 0.3) is 0 Å². The number of halogens is 1. The summed E-state index contributed by atoms with van der Waals surface area (Å²) in [5.74, 6) is 0. The quantitative estimate of drug-likeness (QED) is 0.486. The van der Waals surface area contributed by atoms with Crippen molar-refractivity contribution in [1.29, 1.82) is 5.41 Å². The minimum Gasteiger partial charge on any atom is -0.397 e. The minimum absolute atomic E-state index is 0.0257. The van der Waals surface area contributed by atoms with E-state index < -0.39 is 6.03 Å². The highest BCUT2D eigenvalue weighted by atomic mass is 19.1. The first-order valence-electron chi connectivity index (χ1n) is 7.27. The first kappa shape index (κ1) is 18.0. The summed E-state index contributed by atoms with van der Waals surface area (Å²) in [6.45, 7) is -0.0916. The molecule has 8 nitrogen and oxygen atoms in total. The zero-order chi connectivity index (χ0) is 18.4. The van der Waals surface area contributed by atoms with Crippen molar-refractivity contribution in [3.8, 4) is 11.1 Å². The number of nitrogens with zero attached hydrogens (tertiary/aromatic N) is 2. The zero-order valence-corrected chi connectivity index (χ0v) is 13.2. The summed E-state index contributed by atoms with van der Waals surface area (Å²) < 4.78 is 13.6. The third kappa shape index (κ3) is 4.15. The molecule has 0 saturated carbocycles. The van der Waals surface area contributed by atoms with Gasteiger partial charge in [0.15, 0.2) is 0 Å². The molecule has 0 aliphatic rings. The number of hydrogen-bond acceptors (Lipinski definition) is 6. The van der Waals surface area contributed by atoms with Gasteiger partial charge in [-0.05, 0) is 46.1 Å². The molecular formula is C16H17FN6O2. The lowest BCUT2D eigenvalue weighted by Crippen LogP contribution is -2.37. The lowest BCUT2D eigenvalue weighted by molar-refractivity contribution is 0.242. The van der Waals surface area contributed by atoms with Crippen LogP contribution in [0.15, 0.2) is 53.6 Å². The summed E-state index contributed by atoms with van der Waals surface area (Å²) >= 11 is 0. The van der Waals surface area contributed by atoms with E-state index in [4.69, 9.17) is 16.9 Å². The lowest BCUT2D eigenvalue weighted by atomic mass is 10.1. The number of amides is 1. The lowest BCUT2D eigenvalue weighted by Gasteiger charge is -2.11. The van der Waals surface area contributed by atoms with E-state index in [2.05, 4.69) is 10.5 Å². The molecule has 9 heteroatoms. The molecule has 0 unspecified atom stereocenters. The molecule has 2 aromatic rings. The van der Waals surface area contributed by atoms with Gasteiger partial charge in [-0.15, -0.1) is 4.91 Å². The number of carbonyl (C=O) groups is 1. The summed E-state index contributed by atoms with van der Waals surface area (Å²) in [5.41, 5.74) is 12.6. The SMILES string of the molecule is N=c1ccc(-c2ccc(N)c(N=O)c2)cn1C(=O)NC/C(=C/F)CN. The zero-order valence-electron chi connectivity index (χ0n) is 13.2. The van der Waals surface area contributed by atoms with Gasteiger partial charge in [-0.2, -0.15) is 0 Å². The molecule has 0 fully saturated rings. The van der Waals surface area contributed by atoms with E-state index in [1.54, 1.807) is 12.1 Å². The van der Waals surface area contributed by atoms with Crippen LogP contribution in [0.4, 0.5) is 20.6 Å². The number of carbonyl (C=O) groups excluding carboxylic acids is 1. The maximum absolute atomic E-state index is 12.5. The van der Waals surface area contributed by atoms with Crippen LogP contribution in [0.3, 0.4) is 0 Å². The Morgan fingerprint density at radius 3 is 2.68 bits per heavy atom. The second-order valence-electron chi connectivity index (χ2n) is 5.17. The molecule has 1 aromatic carbocycles. The Morgan fingerprint density at radius 1 is 1.32 bits per heavy atom. The normalized spacial score (nSPS) is 11.2. The molecule has 0 aliphatic heterocycles. The summed E-state index contributed by atoms with van der Waals surface area (Å²) in [4.78, 5) is 23.0. The van der Waals surface area contributed by atoms with E-state index in [1.165, 1.54) is 24.4 Å². The van der Waals surface area contributed by atoms with Gasteiger partial charge in [0.05, 0.1) is 12.0 Å². The highest BCUT2D eigenvalue weighted by molar-refractivity contribution is 5.79. The van der Waals surface area contributed by atoms with Gasteiger partial charge >= 0.3 is 6.03 Å². The Bertz CT molecular complexity index is 890. The van der Waals surface area contributed by atoms with E-state index in [0.29, 0.717) is 17.5 Å². The van der Waals surface area contributed by atoms with Crippen LogP contribution in [0.5, 0.6) is 0 Å². The van der Waals surface area contributed by atoms with Crippen LogP contribution in [0, 0.1) is 10.3 Å². The molecule has 6 N–H and O–H groups in total. The van der Waals surface area contributed by atoms with E-state index in [-0.39, 0.29) is 35.5 Å². The van der Waals surface area contributed by atoms with Gasteiger partial charge in [-0.3, -0.25) is 9.98 Å². The predicted octanol–water partition coefficient (Wildman–Crippen LogP) is 1.98. The Morgan fingerprint density at radius 2 is 2.04 bits per heavy atom. The number of rotatable bonds is 5. The molecule has 0 spiro atoms. The fraction of sp³-hybridized carbons (Fsp3) is 0.125. The first-order chi connectivity index (χ1) is 12.0. The van der Waals surface area contributed by atoms with Crippen LogP contribution in [0.25, 0.3) is 11.1 Å². The fourth-order valence-electron chi connectivity index (χ4n) is 2.07. The summed E-state index contributed by atoms with van der Waals surface area (Å²) in [7, 11) is 0. The number of hydrogen-bond donors (Lipinski definition) is 4. The molecule has 0 saturated heterocycles. The Kier molecular flexibility index (Phi) is 5.75. The highest BCUT2D eigenvalue weighted by Gasteiger charge is 2.09. The van der Waals surface area contributed by atoms with Crippen molar-refractivity contribution in [1.82, 2.24) is 9.88 Å².